The number of nitrogens with one attached hydrogen (secondary N) is 1. The van der Waals surface area contributed by atoms with E-state index in [1.807, 2.05) is 0 Å². The number of alkyl halides is 3. The van der Waals surface area contributed by atoms with Gasteiger partial charge in [0.2, 0.25) is 5.91 Å². The molecule has 2 rings (SSSR count). The number of carbonyl (C=O) groups excluding carboxylic acids is 1. The van der Waals surface area contributed by atoms with E-state index in [1.54, 1.807) is 30.3 Å². The Bertz CT molecular complexity index is 676. The number of hydrogen-bond donors (Lipinski definition) is 1. The first-order valence-corrected chi connectivity index (χ1v) is 6.64. The van der Waals surface area contributed by atoms with Crippen LogP contribution in [0.25, 0.3) is 6.08 Å². The van der Waals surface area contributed by atoms with Gasteiger partial charge >= 0.3 is 6.18 Å². The van der Waals surface area contributed by atoms with Crippen molar-refractivity contribution < 1.29 is 18.0 Å². The van der Waals surface area contributed by atoms with Crippen LogP contribution >= 0.6 is 11.6 Å². The van der Waals surface area contributed by atoms with Crippen LogP contribution in [0.4, 0.5) is 18.9 Å². The van der Waals surface area contributed by atoms with Crippen LogP contribution in [0.2, 0.25) is 5.02 Å². The third kappa shape index (κ3) is 4.63. The fourth-order valence-corrected chi connectivity index (χ4v) is 1.80. The maximum absolute atomic E-state index is 12.4. The molecule has 0 aliphatic rings. The van der Waals surface area contributed by atoms with Crippen molar-refractivity contribution in [3.63, 3.8) is 0 Å². The van der Waals surface area contributed by atoms with E-state index in [9.17, 15) is 18.0 Å². The summed E-state index contributed by atoms with van der Waals surface area (Å²) in [5, 5.41) is 3.07. The van der Waals surface area contributed by atoms with Crippen molar-refractivity contribution in [3.8, 4) is 0 Å². The van der Waals surface area contributed by atoms with Crippen molar-refractivity contribution in [1.82, 2.24) is 0 Å². The maximum atomic E-state index is 12.4. The quantitative estimate of drug-likeness (QED) is 0.790. The molecular weight excluding hydrogens is 315 g/mol. The molecule has 2 aromatic rings. The normalized spacial score (nSPS) is 11.6. The molecule has 0 saturated carbocycles. The minimum absolute atomic E-state index is 0.291. The van der Waals surface area contributed by atoms with Crippen LogP contribution in [0.5, 0.6) is 0 Å². The molecule has 0 unspecified atom stereocenters. The summed E-state index contributed by atoms with van der Waals surface area (Å²) in [7, 11) is 0. The molecule has 0 aromatic heterocycles. The average Bonchev–Trinajstić information content (AvgIpc) is 2.46. The Labute approximate surface area is 130 Å². The van der Waals surface area contributed by atoms with Gasteiger partial charge in [-0.05, 0) is 48.0 Å². The lowest BCUT2D eigenvalue weighted by atomic mass is 10.2. The van der Waals surface area contributed by atoms with E-state index in [0.29, 0.717) is 10.7 Å². The molecule has 0 saturated heterocycles. The molecule has 0 heterocycles. The van der Waals surface area contributed by atoms with E-state index < -0.39 is 17.6 Å². The van der Waals surface area contributed by atoms with Crippen LogP contribution in [0, 0.1) is 0 Å². The summed E-state index contributed by atoms with van der Waals surface area (Å²) in [5.41, 5.74) is 0.313. The van der Waals surface area contributed by atoms with Gasteiger partial charge in [-0.15, -0.1) is 0 Å². The molecular formula is C16H11ClF3NO. The van der Waals surface area contributed by atoms with Crippen molar-refractivity contribution in [2.24, 2.45) is 0 Å². The summed E-state index contributed by atoms with van der Waals surface area (Å²) in [6.45, 7) is 0. The smallest absolute Gasteiger partial charge is 0.323 e. The Hall–Kier alpha value is -2.27. The first kappa shape index (κ1) is 16.1. The molecule has 0 fully saturated rings. The zero-order valence-electron chi connectivity index (χ0n) is 11.2. The number of benzene rings is 2. The van der Waals surface area contributed by atoms with E-state index in [-0.39, 0.29) is 0 Å². The number of amides is 1. The van der Waals surface area contributed by atoms with Gasteiger partial charge in [-0.25, -0.2) is 0 Å². The second-order valence-corrected chi connectivity index (χ2v) is 4.89. The summed E-state index contributed by atoms with van der Waals surface area (Å²) in [6.07, 6.45) is -1.52. The largest absolute Gasteiger partial charge is 0.416 e. The van der Waals surface area contributed by atoms with E-state index >= 15 is 0 Å². The fraction of sp³-hybridized carbons (Fsp3) is 0.0625. The maximum Gasteiger partial charge on any atom is 0.416 e. The Morgan fingerprint density at radius 2 is 1.59 bits per heavy atom. The van der Waals surface area contributed by atoms with E-state index in [0.717, 1.165) is 17.7 Å². The van der Waals surface area contributed by atoms with Crippen molar-refractivity contribution in [1.29, 1.82) is 0 Å². The average molecular weight is 326 g/mol. The van der Waals surface area contributed by atoms with E-state index in [2.05, 4.69) is 5.32 Å². The molecule has 0 radical (unpaired) electrons. The fourth-order valence-electron chi connectivity index (χ4n) is 1.67. The lowest BCUT2D eigenvalue weighted by Crippen LogP contribution is -2.09. The molecule has 1 N–H and O–H groups in total. The Balaban J connectivity index is 1.98. The van der Waals surface area contributed by atoms with Crippen molar-refractivity contribution in [2.75, 3.05) is 5.32 Å². The highest BCUT2D eigenvalue weighted by molar-refractivity contribution is 6.30. The highest BCUT2D eigenvalue weighted by atomic mass is 35.5. The van der Waals surface area contributed by atoms with Crippen LogP contribution in [-0.2, 0) is 11.0 Å². The monoisotopic (exact) mass is 325 g/mol. The molecule has 22 heavy (non-hydrogen) atoms. The number of halogens is 4. The molecule has 6 heteroatoms. The highest BCUT2D eigenvalue weighted by Crippen LogP contribution is 2.29. The molecule has 0 aliphatic heterocycles. The molecule has 0 aliphatic carbocycles. The van der Waals surface area contributed by atoms with Gasteiger partial charge in [0.05, 0.1) is 5.56 Å². The Morgan fingerprint density at radius 1 is 1.00 bits per heavy atom. The minimum Gasteiger partial charge on any atom is -0.323 e. The lowest BCUT2D eigenvalue weighted by molar-refractivity contribution is -0.137. The van der Waals surface area contributed by atoms with Gasteiger partial charge in [-0.3, -0.25) is 4.79 Å². The molecule has 114 valence electrons. The number of anilines is 1. The predicted molar refractivity (Wildman–Crippen MR) is 80.6 cm³/mol. The van der Waals surface area contributed by atoms with Crippen molar-refractivity contribution >= 4 is 29.3 Å². The Morgan fingerprint density at radius 3 is 2.14 bits per heavy atom. The third-order valence-electron chi connectivity index (χ3n) is 2.78. The molecule has 2 aromatic carbocycles. The summed E-state index contributed by atoms with van der Waals surface area (Å²) >= 11 is 5.74. The summed E-state index contributed by atoms with van der Waals surface area (Å²) < 4.78 is 37.2. The van der Waals surface area contributed by atoms with Gasteiger partial charge in [0.15, 0.2) is 0 Å². The van der Waals surface area contributed by atoms with Gasteiger partial charge in [-0.1, -0.05) is 23.7 Å². The first-order valence-electron chi connectivity index (χ1n) is 6.26. The van der Waals surface area contributed by atoms with Crippen LogP contribution in [0.15, 0.2) is 54.6 Å². The van der Waals surface area contributed by atoms with Crippen LogP contribution in [0.1, 0.15) is 11.1 Å². The minimum atomic E-state index is -4.39. The molecule has 0 spiro atoms. The van der Waals surface area contributed by atoms with E-state index in [4.69, 9.17) is 11.6 Å². The number of hydrogen-bond acceptors (Lipinski definition) is 1. The van der Waals surface area contributed by atoms with Gasteiger partial charge in [0, 0.05) is 16.8 Å². The topological polar surface area (TPSA) is 29.1 Å². The highest BCUT2D eigenvalue weighted by Gasteiger charge is 2.29. The molecule has 1 amide bonds. The molecule has 0 bridgehead atoms. The van der Waals surface area contributed by atoms with Crippen molar-refractivity contribution in [2.45, 2.75) is 6.18 Å². The zero-order valence-corrected chi connectivity index (χ0v) is 11.9. The second-order valence-electron chi connectivity index (χ2n) is 4.45. The van der Waals surface area contributed by atoms with Gasteiger partial charge in [0.1, 0.15) is 0 Å². The number of carbonyl (C=O) groups is 1. The first-order chi connectivity index (χ1) is 10.3. The van der Waals surface area contributed by atoms with E-state index in [1.165, 1.54) is 18.2 Å². The van der Waals surface area contributed by atoms with Gasteiger partial charge < -0.3 is 5.32 Å². The van der Waals surface area contributed by atoms with Crippen LogP contribution < -0.4 is 5.32 Å². The standard InChI is InChI=1S/C16H11ClF3NO/c17-13-6-1-11(2-7-13)3-10-15(22)21-14-8-4-12(5-9-14)16(18,19)20/h1-10H,(H,21,22)/b10-3+. The Kier molecular flexibility index (Phi) is 4.88. The SMILES string of the molecule is O=C(/C=C/c1ccc(Cl)cc1)Nc1ccc(C(F)(F)F)cc1. The van der Waals surface area contributed by atoms with Gasteiger partial charge in [-0.2, -0.15) is 13.2 Å². The summed E-state index contributed by atoms with van der Waals surface area (Å²) in [5.74, 6) is -0.435. The second kappa shape index (κ2) is 6.66. The third-order valence-corrected chi connectivity index (χ3v) is 3.03. The number of rotatable bonds is 3. The van der Waals surface area contributed by atoms with Crippen LogP contribution in [0.3, 0.4) is 0 Å². The zero-order chi connectivity index (χ0) is 16.2. The molecule has 2 nitrogen and oxygen atoms in total. The molecule has 0 atom stereocenters. The van der Waals surface area contributed by atoms with Crippen LogP contribution in [-0.4, -0.2) is 5.91 Å². The summed E-state index contributed by atoms with van der Waals surface area (Å²) in [6, 6.07) is 11.1. The summed E-state index contributed by atoms with van der Waals surface area (Å²) in [4.78, 5) is 11.7. The van der Waals surface area contributed by atoms with Crippen molar-refractivity contribution in [3.05, 3.63) is 70.8 Å². The van der Waals surface area contributed by atoms with Gasteiger partial charge in [0.25, 0.3) is 0 Å². The lowest BCUT2D eigenvalue weighted by Gasteiger charge is -2.07. The predicted octanol–water partition coefficient (Wildman–Crippen LogP) is 5.01.